The first-order valence-electron chi connectivity index (χ1n) is 8.54. The summed E-state index contributed by atoms with van der Waals surface area (Å²) in [5.74, 6) is -0.0857. The number of morpholine rings is 1. The number of hydrogen-bond acceptors (Lipinski definition) is 6. The minimum atomic E-state index is -3.72. The van der Waals surface area contributed by atoms with Crippen LogP contribution in [0.2, 0.25) is 0 Å². The number of nitrogens with zero attached hydrogens (tertiary/aromatic N) is 2. The normalized spacial score (nSPS) is 21.0. The Morgan fingerprint density at radius 3 is 2.56 bits per heavy atom. The Labute approximate surface area is 158 Å². The van der Waals surface area contributed by atoms with Crippen LogP contribution in [0.3, 0.4) is 0 Å². The predicted octanol–water partition coefficient (Wildman–Crippen LogP) is 1.71. The van der Waals surface area contributed by atoms with Crippen molar-refractivity contribution in [3.8, 4) is 0 Å². The molecule has 1 saturated heterocycles. The number of nitrogens with one attached hydrogen (secondary N) is 1. The third-order valence-electron chi connectivity index (χ3n) is 4.16. The van der Waals surface area contributed by atoms with E-state index in [2.05, 4.69) is 10.3 Å². The molecule has 8 nitrogen and oxygen atoms in total. The second kappa shape index (κ2) is 7.63. The molecule has 2 atom stereocenters. The molecule has 0 spiro atoms. The second-order valence-electron chi connectivity index (χ2n) is 6.53. The third-order valence-corrected chi connectivity index (χ3v) is 5.99. The second-order valence-corrected chi connectivity index (χ2v) is 8.47. The molecule has 0 bridgehead atoms. The van der Waals surface area contributed by atoms with E-state index in [0.717, 1.165) is 0 Å². The molecule has 144 valence electrons. The number of sulfonamides is 1. The number of benzene rings is 1. The fraction of sp³-hybridized carbons (Fsp3) is 0.333. The van der Waals surface area contributed by atoms with Crippen molar-refractivity contribution in [2.75, 3.05) is 24.1 Å². The molecule has 1 amide bonds. The molecule has 1 aromatic carbocycles. The van der Waals surface area contributed by atoms with Crippen LogP contribution in [0.25, 0.3) is 0 Å². The Morgan fingerprint density at radius 1 is 1.22 bits per heavy atom. The van der Waals surface area contributed by atoms with Crippen LogP contribution >= 0.6 is 0 Å². The molecular weight excluding hydrogens is 368 g/mol. The number of carbonyl (C=O) groups is 1. The Bertz CT molecular complexity index is 921. The molecule has 3 rings (SSSR count). The topological polar surface area (TPSA) is 115 Å². The fourth-order valence-electron chi connectivity index (χ4n) is 2.96. The highest BCUT2D eigenvalue weighted by Gasteiger charge is 2.32. The van der Waals surface area contributed by atoms with E-state index in [1.54, 1.807) is 24.3 Å². The third kappa shape index (κ3) is 4.44. The maximum atomic E-state index is 13.0. The van der Waals surface area contributed by atoms with Gasteiger partial charge in [-0.1, -0.05) is 6.07 Å². The zero-order valence-electron chi connectivity index (χ0n) is 15.1. The van der Waals surface area contributed by atoms with Crippen molar-refractivity contribution in [1.82, 2.24) is 9.29 Å². The van der Waals surface area contributed by atoms with Gasteiger partial charge >= 0.3 is 0 Å². The molecule has 2 unspecified atom stereocenters. The number of amides is 1. The first-order valence-corrected chi connectivity index (χ1v) is 9.98. The van der Waals surface area contributed by atoms with Crippen LogP contribution in [0.15, 0.2) is 47.5 Å². The maximum absolute atomic E-state index is 13.0. The lowest BCUT2D eigenvalue weighted by atomic mass is 10.2. The minimum absolute atomic E-state index is 0.0758. The van der Waals surface area contributed by atoms with E-state index in [9.17, 15) is 13.2 Å². The molecule has 1 aliphatic heterocycles. The van der Waals surface area contributed by atoms with E-state index < -0.39 is 15.9 Å². The smallest absolute Gasteiger partial charge is 0.255 e. The fourth-order valence-corrected chi connectivity index (χ4v) is 4.59. The SMILES string of the molecule is CC1CN(S(=O)(=O)c2cccc(C(=O)Nc3ccc(N)nc3)c2)CC(C)O1. The Kier molecular flexibility index (Phi) is 5.45. The summed E-state index contributed by atoms with van der Waals surface area (Å²) >= 11 is 0. The number of anilines is 2. The Morgan fingerprint density at radius 2 is 1.93 bits per heavy atom. The van der Waals surface area contributed by atoms with Crippen molar-refractivity contribution in [1.29, 1.82) is 0 Å². The van der Waals surface area contributed by atoms with Gasteiger partial charge in [-0.25, -0.2) is 13.4 Å². The summed E-state index contributed by atoms with van der Waals surface area (Å²) in [6.07, 6.45) is 1.06. The lowest BCUT2D eigenvalue weighted by Crippen LogP contribution is -2.48. The average Bonchev–Trinajstić information content (AvgIpc) is 2.63. The van der Waals surface area contributed by atoms with Crippen LogP contribution in [0, 0.1) is 0 Å². The molecule has 1 aromatic heterocycles. The highest BCUT2D eigenvalue weighted by Crippen LogP contribution is 2.22. The minimum Gasteiger partial charge on any atom is -0.384 e. The monoisotopic (exact) mass is 390 g/mol. The highest BCUT2D eigenvalue weighted by atomic mass is 32.2. The van der Waals surface area contributed by atoms with Gasteiger partial charge in [0.15, 0.2) is 0 Å². The van der Waals surface area contributed by atoms with Gasteiger partial charge in [-0.3, -0.25) is 4.79 Å². The van der Waals surface area contributed by atoms with Gasteiger partial charge in [-0.05, 0) is 44.2 Å². The predicted molar refractivity (Wildman–Crippen MR) is 102 cm³/mol. The number of hydrogen-bond donors (Lipinski definition) is 2. The quantitative estimate of drug-likeness (QED) is 0.821. The number of pyridine rings is 1. The Balaban J connectivity index is 1.82. The van der Waals surface area contributed by atoms with Gasteiger partial charge < -0.3 is 15.8 Å². The largest absolute Gasteiger partial charge is 0.384 e. The first kappa shape index (κ1) is 19.3. The summed E-state index contributed by atoms with van der Waals surface area (Å²) < 4.78 is 32.9. The van der Waals surface area contributed by atoms with Crippen molar-refractivity contribution < 1.29 is 17.9 Å². The van der Waals surface area contributed by atoms with E-state index in [1.165, 1.54) is 22.6 Å². The van der Waals surface area contributed by atoms with Crippen LogP contribution < -0.4 is 11.1 Å². The van der Waals surface area contributed by atoms with Crippen molar-refractivity contribution in [3.05, 3.63) is 48.2 Å². The molecule has 2 heterocycles. The standard InChI is InChI=1S/C18H22N4O4S/c1-12-10-22(11-13(2)26-12)27(24,25)16-5-3-4-14(8-16)18(23)21-15-6-7-17(19)20-9-15/h3-9,12-13H,10-11H2,1-2H3,(H2,19,20)(H,21,23). The number of carbonyl (C=O) groups excluding carboxylic acids is 1. The first-order chi connectivity index (χ1) is 12.8. The molecule has 1 aliphatic rings. The van der Waals surface area contributed by atoms with Gasteiger partial charge in [-0.15, -0.1) is 0 Å². The van der Waals surface area contributed by atoms with Crippen LogP contribution in [0.4, 0.5) is 11.5 Å². The molecule has 2 aromatic rings. The lowest BCUT2D eigenvalue weighted by Gasteiger charge is -2.34. The van der Waals surface area contributed by atoms with Gasteiger partial charge in [0.1, 0.15) is 5.82 Å². The lowest BCUT2D eigenvalue weighted by molar-refractivity contribution is -0.0440. The van der Waals surface area contributed by atoms with Gasteiger partial charge in [-0.2, -0.15) is 4.31 Å². The summed E-state index contributed by atoms with van der Waals surface area (Å²) in [6.45, 7) is 4.23. The summed E-state index contributed by atoms with van der Waals surface area (Å²) in [5.41, 5.74) is 6.23. The highest BCUT2D eigenvalue weighted by molar-refractivity contribution is 7.89. The molecular formula is C18H22N4O4S. The van der Waals surface area contributed by atoms with E-state index in [4.69, 9.17) is 10.5 Å². The van der Waals surface area contributed by atoms with E-state index in [0.29, 0.717) is 11.5 Å². The van der Waals surface area contributed by atoms with Gasteiger partial charge in [0, 0.05) is 18.7 Å². The number of aromatic nitrogens is 1. The van der Waals surface area contributed by atoms with Crippen LogP contribution in [0.1, 0.15) is 24.2 Å². The zero-order chi connectivity index (χ0) is 19.6. The molecule has 0 aliphatic carbocycles. The van der Waals surface area contributed by atoms with Gasteiger partial charge in [0.05, 0.1) is 29.0 Å². The van der Waals surface area contributed by atoms with E-state index in [1.807, 2.05) is 13.8 Å². The van der Waals surface area contributed by atoms with Crippen LogP contribution in [-0.4, -0.2) is 48.9 Å². The van der Waals surface area contributed by atoms with Crippen LogP contribution in [0.5, 0.6) is 0 Å². The van der Waals surface area contributed by atoms with E-state index in [-0.39, 0.29) is 35.8 Å². The van der Waals surface area contributed by atoms with Gasteiger partial charge in [0.25, 0.3) is 5.91 Å². The van der Waals surface area contributed by atoms with Crippen molar-refractivity contribution in [2.24, 2.45) is 0 Å². The molecule has 1 fully saturated rings. The number of nitrogen functional groups attached to an aromatic ring is 1. The number of rotatable bonds is 4. The van der Waals surface area contributed by atoms with Crippen molar-refractivity contribution in [3.63, 3.8) is 0 Å². The summed E-state index contributed by atoms with van der Waals surface area (Å²) in [5, 5.41) is 2.67. The van der Waals surface area contributed by atoms with Gasteiger partial charge in [0.2, 0.25) is 10.0 Å². The summed E-state index contributed by atoms with van der Waals surface area (Å²) in [4.78, 5) is 16.4. The molecule has 0 radical (unpaired) electrons. The number of ether oxygens (including phenoxy) is 1. The molecule has 27 heavy (non-hydrogen) atoms. The number of nitrogens with two attached hydrogens (primary N) is 1. The maximum Gasteiger partial charge on any atom is 0.255 e. The molecule has 3 N–H and O–H groups in total. The summed E-state index contributed by atoms with van der Waals surface area (Å²) in [7, 11) is -3.72. The molecule has 0 saturated carbocycles. The Hall–Kier alpha value is -2.49. The summed E-state index contributed by atoms with van der Waals surface area (Å²) in [6, 6.07) is 9.16. The average molecular weight is 390 g/mol. The molecule has 9 heteroatoms. The van der Waals surface area contributed by atoms with Crippen molar-refractivity contribution >= 4 is 27.4 Å². The van der Waals surface area contributed by atoms with Crippen molar-refractivity contribution in [2.45, 2.75) is 31.0 Å². The van der Waals surface area contributed by atoms with E-state index >= 15 is 0 Å². The van der Waals surface area contributed by atoms with Crippen LogP contribution in [-0.2, 0) is 14.8 Å². The zero-order valence-corrected chi connectivity index (χ0v) is 15.9.